The average Bonchev–Trinajstić information content (AvgIpc) is 2.68. The second-order valence-electron chi connectivity index (χ2n) is 6.52. The molecule has 0 saturated carbocycles. The van der Waals surface area contributed by atoms with Crippen LogP contribution in [0, 0.1) is 5.41 Å². The number of hydrogen-bond donors (Lipinski definition) is 2. The van der Waals surface area contributed by atoms with Crippen molar-refractivity contribution in [2.75, 3.05) is 20.1 Å². The predicted molar refractivity (Wildman–Crippen MR) is 75.1 cm³/mol. The first-order chi connectivity index (χ1) is 9.60. The first-order valence-corrected chi connectivity index (χ1v) is 7.41. The molecule has 108 valence electrons. The predicted octanol–water partition coefficient (Wildman–Crippen LogP) is 0.624. The average molecular weight is 275 g/mol. The van der Waals surface area contributed by atoms with Crippen molar-refractivity contribution in [1.82, 2.24) is 4.90 Å². The summed E-state index contributed by atoms with van der Waals surface area (Å²) in [4.78, 5) is 2.32. The van der Waals surface area contributed by atoms with Gasteiger partial charge in [-0.2, -0.15) is 0 Å². The van der Waals surface area contributed by atoms with Crippen molar-refractivity contribution in [2.45, 2.75) is 37.3 Å². The Balaban J connectivity index is 1.88. The number of aliphatic hydroxyl groups is 2. The molecule has 1 fully saturated rings. The lowest BCUT2D eigenvalue weighted by Crippen LogP contribution is -2.38. The van der Waals surface area contributed by atoms with E-state index in [2.05, 4.69) is 24.1 Å². The Labute approximate surface area is 119 Å². The molecule has 2 aliphatic carbocycles. The van der Waals surface area contributed by atoms with Gasteiger partial charge >= 0.3 is 0 Å². The van der Waals surface area contributed by atoms with Gasteiger partial charge in [0.1, 0.15) is 12.2 Å². The zero-order valence-electron chi connectivity index (χ0n) is 11.7. The van der Waals surface area contributed by atoms with Crippen molar-refractivity contribution >= 4 is 0 Å². The fourth-order valence-electron chi connectivity index (χ4n) is 4.25. The fraction of sp³-hybridized carbons (Fsp3) is 0.625. The minimum atomic E-state index is -0.565. The Kier molecular flexibility index (Phi) is 2.73. The summed E-state index contributed by atoms with van der Waals surface area (Å²) < 4.78 is 6.16. The van der Waals surface area contributed by atoms with E-state index in [0.717, 1.165) is 19.5 Å². The maximum atomic E-state index is 10.3. The van der Waals surface area contributed by atoms with E-state index >= 15 is 0 Å². The third kappa shape index (κ3) is 1.62. The molecule has 0 amide bonds. The van der Waals surface area contributed by atoms with Crippen LogP contribution < -0.4 is 0 Å². The summed E-state index contributed by atoms with van der Waals surface area (Å²) in [5, 5.41) is 20.2. The highest BCUT2D eigenvalue weighted by Gasteiger charge is 2.56. The monoisotopic (exact) mass is 275 g/mol. The van der Waals surface area contributed by atoms with Crippen molar-refractivity contribution in [1.29, 1.82) is 0 Å². The molecule has 1 saturated heterocycles. The van der Waals surface area contributed by atoms with Crippen LogP contribution in [0.1, 0.15) is 12.8 Å². The van der Waals surface area contributed by atoms with Crippen LogP contribution in [0.5, 0.6) is 0 Å². The van der Waals surface area contributed by atoms with Crippen LogP contribution in [0.15, 0.2) is 35.5 Å². The molecule has 20 heavy (non-hydrogen) atoms. The van der Waals surface area contributed by atoms with E-state index in [0.29, 0.717) is 6.42 Å². The molecule has 2 aliphatic heterocycles. The van der Waals surface area contributed by atoms with Crippen molar-refractivity contribution in [2.24, 2.45) is 5.41 Å². The van der Waals surface area contributed by atoms with Gasteiger partial charge in [0, 0.05) is 18.4 Å². The van der Waals surface area contributed by atoms with Gasteiger partial charge < -0.3 is 19.8 Å². The molecule has 4 rings (SSSR count). The van der Waals surface area contributed by atoms with Crippen LogP contribution in [-0.4, -0.2) is 59.7 Å². The van der Waals surface area contributed by atoms with E-state index in [1.54, 1.807) is 0 Å². The Morgan fingerprint density at radius 3 is 3.05 bits per heavy atom. The van der Waals surface area contributed by atoms with Gasteiger partial charge in [-0.3, -0.25) is 0 Å². The van der Waals surface area contributed by atoms with E-state index in [4.69, 9.17) is 4.74 Å². The maximum Gasteiger partial charge on any atom is 0.110 e. The standard InChI is InChI=1S/C16H21NO3/c1-17-7-6-16-5-4-11(18)8-13(16)20-15-12(19)3-2-10(9-17)14(15)16/h2-5,11-13,15,18-19H,6-9H2,1H3/t11-,12?,13-,15?,16-/m0/s1. The molecule has 0 aromatic rings. The van der Waals surface area contributed by atoms with Crippen LogP contribution in [0.3, 0.4) is 0 Å². The highest BCUT2D eigenvalue weighted by atomic mass is 16.5. The molecule has 4 heteroatoms. The summed E-state index contributed by atoms with van der Waals surface area (Å²) in [6.07, 6.45) is 8.33. The number of nitrogens with zero attached hydrogens (tertiary/aromatic N) is 1. The normalized spacial score (nSPS) is 47.1. The first-order valence-electron chi connectivity index (χ1n) is 7.41. The lowest BCUT2D eigenvalue weighted by atomic mass is 9.67. The van der Waals surface area contributed by atoms with Gasteiger partial charge in [0.05, 0.1) is 12.2 Å². The van der Waals surface area contributed by atoms with Crippen LogP contribution >= 0.6 is 0 Å². The highest BCUT2D eigenvalue weighted by Crippen LogP contribution is 2.55. The molecule has 4 aliphatic rings. The molecular weight excluding hydrogens is 254 g/mol. The van der Waals surface area contributed by atoms with E-state index in [1.807, 2.05) is 12.2 Å². The van der Waals surface area contributed by atoms with E-state index < -0.39 is 12.2 Å². The van der Waals surface area contributed by atoms with Gasteiger partial charge in [0.15, 0.2) is 0 Å². The molecule has 2 heterocycles. The highest BCUT2D eigenvalue weighted by molar-refractivity contribution is 5.47. The quantitative estimate of drug-likeness (QED) is 0.637. The smallest absolute Gasteiger partial charge is 0.110 e. The molecule has 2 unspecified atom stereocenters. The topological polar surface area (TPSA) is 52.9 Å². The summed E-state index contributed by atoms with van der Waals surface area (Å²) in [7, 11) is 2.14. The van der Waals surface area contributed by atoms with Crippen LogP contribution in [0.25, 0.3) is 0 Å². The van der Waals surface area contributed by atoms with E-state index in [1.165, 1.54) is 11.1 Å². The minimum absolute atomic E-state index is 0.0152. The Hall–Kier alpha value is -0.940. The molecule has 1 spiro atoms. The number of aliphatic hydroxyl groups excluding tert-OH is 2. The summed E-state index contributed by atoms with van der Waals surface area (Å²) >= 11 is 0. The second kappa shape index (κ2) is 4.28. The Morgan fingerprint density at radius 1 is 1.35 bits per heavy atom. The lowest BCUT2D eigenvalue weighted by molar-refractivity contribution is -0.0432. The van der Waals surface area contributed by atoms with Gasteiger partial charge in [0.2, 0.25) is 0 Å². The number of likely N-dealkylation sites (N-methyl/N-ethyl adjacent to an activating group) is 1. The molecule has 0 aromatic carbocycles. The molecule has 0 aromatic heterocycles. The number of ether oxygens (including phenoxy) is 1. The van der Waals surface area contributed by atoms with E-state index in [9.17, 15) is 10.2 Å². The third-order valence-corrected chi connectivity index (χ3v) is 5.24. The van der Waals surface area contributed by atoms with Crippen molar-refractivity contribution < 1.29 is 14.9 Å². The number of hydrogen-bond acceptors (Lipinski definition) is 4. The van der Waals surface area contributed by atoms with Crippen molar-refractivity contribution in [3.05, 3.63) is 35.5 Å². The number of rotatable bonds is 0. The van der Waals surface area contributed by atoms with Gasteiger partial charge in [0.25, 0.3) is 0 Å². The van der Waals surface area contributed by atoms with Gasteiger partial charge in [-0.1, -0.05) is 24.3 Å². The largest absolute Gasteiger partial charge is 0.389 e. The molecule has 4 nitrogen and oxygen atoms in total. The summed E-state index contributed by atoms with van der Waals surface area (Å²) in [5.74, 6) is 0. The zero-order chi connectivity index (χ0) is 13.9. The lowest BCUT2D eigenvalue weighted by Gasteiger charge is -2.36. The third-order valence-electron chi connectivity index (χ3n) is 5.24. The van der Waals surface area contributed by atoms with Gasteiger partial charge in [-0.25, -0.2) is 0 Å². The molecular formula is C16H21NO3. The van der Waals surface area contributed by atoms with E-state index in [-0.39, 0.29) is 17.6 Å². The first kappa shape index (κ1) is 12.8. The summed E-state index contributed by atoms with van der Waals surface area (Å²) in [5.41, 5.74) is 2.41. The van der Waals surface area contributed by atoms with Crippen molar-refractivity contribution in [3.8, 4) is 0 Å². The summed E-state index contributed by atoms with van der Waals surface area (Å²) in [6.45, 7) is 1.91. The fourth-order valence-corrected chi connectivity index (χ4v) is 4.25. The molecule has 0 radical (unpaired) electrons. The summed E-state index contributed by atoms with van der Waals surface area (Å²) in [6, 6.07) is 0. The van der Waals surface area contributed by atoms with Crippen molar-refractivity contribution in [3.63, 3.8) is 0 Å². The van der Waals surface area contributed by atoms with Gasteiger partial charge in [-0.15, -0.1) is 0 Å². The van der Waals surface area contributed by atoms with Crippen LogP contribution in [-0.2, 0) is 4.74 Å². The maximum absolute atomic E-state index is 10.3. The Bertz CT molecular complexity index is 524. The molecule has 0 bridgehead atoms. The zero-order valence-corrected chi connectivity index (χ0v) is 11.7. The SMILES string of the molecule is CN1CC[C@@]23C=C[C@H](O)C[C@@H]2OC2C3=C(C=CC2O)C1. The second-order valence-corrected chi connectivity index (χ2v) is 6.52. The Morgan fingerprint density at radius 2 is 2.20 bits per heavy atom. The molecule has 5 atom stereocenters. The minimum Gasteiger partial charge on any atom is -0.389 e. The van der Waals surface area contributed by atoms with Gasteiger partial charge in [-0.05, 0) is 31.2 Å². The van der Waals surface area contributed by atoms with Crippen LogP contribution in [0.4, 0.5) is 0 Å². The molecule has 2 N–H and O–H groups in total. The van der Waals surface area contributed by atoms with Crippen LogP contribution in [0.2, 0.25) is 0 Å².